The van der Waals surface area contributed by atoms with Crippen LogP contribution in [-0.4, -0.2) is 28.0 Å². The molecule has 24 heavy (non-hydrogen) atoms. The number of carbonyl (C=O) groups excluding carboxylic acids is 1. The fourth-order valence-corrected chi connectivity index (χ4v) is 2.60. The Hall–Kier alpha value is -2.64. The van der Waals surface area contributed by atoms with Gasteiger partial charge in [-0.05, 0) is 23.8 Å². The molecule has 0 spiro atoms. The molecule has 0 saturated heterocycles. The molecule has 2 rings (SSSR count). The molecule has 6 nitrogen and oxygen atoms in total. The highest BCUT2D eigenvalue weighted by Crippen LogP contribution is 2.20. The van der Waals surface area contributed by atoms with Crippen LogP contribution in [0.4, 0.5) is 5.69 Å². The average Bonchev–Trinajstić information content (AvgIpc) is 2.58. The third-order valence-electron chi connectivity index (χ3n) is 3.25. The summed E-state index contributed by atoms with van der Waals surface area (Å²) in [5.74, 6) is -0.643. The van der Waals surface area contributed by atoms with Gasteiger partial charge < -0.3 is 10.1 Å². The lowest BCUT2D eigenvalue weighted by Crippen LogP contribution is -2.15. The molecular weight excluding hydrogens is 328 g/mol. The molecule has 7 heteroatoms. The number of esters is 1. The van der Waals surface area contributed by atoms with Crippen molar-refractivity contribution in [3.8, 4) is 0 Å². The van der Waals surface area contributed by atoms with Gasteiger partial charge in [0.2, 0.25) is 10.0 Å². The number of rotatable bonds is 6. The molecule has 0 bridgehead atoms. The summed E-state index contributed by atoms with van der Waals surface area (Å²) in [6.07, 6.45) is 3.83. The third-order valence-corrected chi connectivity index (χ3v) is 4.16. The second-order valence-corrected chi connectivity index (χ2v) is 6.50. The van der Waals surface area contributed by atoms with Crippen molar-refractivity contribution in [2.75, 3.05) is 19.0 Å². The highest BCUT2D eigenvalue weighted by Gasteiger charge is 2.16. The predicted octanol–water partition coefficient (Wildman–Crippen LogP) is 2.25. The molecule has 0 radical (unpaired) electrons. The number of carbonyl (C=O) groups is 1. The minimum absolute atomic E-state index is 0.108. The lowest BCUT2D eigenvalue weighted by atomic mass is 10.1. The summed E-state index contributed by atoms with van der Waals surface area (Å²) in [4.78, 5) is 11.7. The van der Waals surface area contributed by atoms with E-state index in [2.05, 4.69) is 10.1 Å². The minimum atomic E-state index is -3.89. The SMILES string of the molecule is COC(=O)c1cc(S(N)(=O)=O)ccc1NC/C=C/c1ccccc1. The van der Waals surface area contributed by atoms with Crippen LogP contribution in [0, 0.1) is 0 Å². The van der Waals surface area contributed by atoms with Crippen LogP contribution in [0.25, 0.3) is 6.08 Å². The van der Waals surface area contributed by atoms with Gasteiger partial charge in [-0.3, -0.25) is 0 Å². The number of hydrogen-bond donors (Lipinski definition) is 2. The van der Waals surface area contributed by atoms with Crippen molar-refractivity contribution < 1.29 is 17.9 Å². The van der Waals surface area contributed by atoms with Crippen molar-refractivity contribution in [1.29, 1.82) is 0 Å². The van der Waals surface area contributed by atoms with Gasteiger partial charge in [-0.25, -0.2) is 18.4 Å². The summed E-state index contributed by atoms with van der Waals surface area (Å²) < 4.78 is 27.5. The van der Waals surface area contributed by atoms with Gasteiger partial charge in [-0.2, -0.15) is 0 Å². The average molecular weight is 346 g/mol. The molecule has 0 aromatic heterocycles. The zero-order valence-corrected chi connectivity index (χ0v) is 13.9. The Morgan fingerprint density at radius 3 is 2.54 bits per heavy atom. The van der Waals surface area contributed by atoms with Gasteiger partial charge in [0.15, 0.2) is 0 Å². The van der Waals surface area contributed by atoms with Crippen molar-refractivity contribution in [2.24, 2.45) is 5.14 Å². The Kier molecular flexibility index (Phi) is 5.73. The van der Waals surface area contributed by atoms with E-state index in [0.29, 0.717) is 12.2 Å². The first kappa shape index (κ1) is 17.7. The Labute approximate surface area is 141 Å². The number of anilines is 1. The maximum Gasteiger partial charge on any atom is 0.340 e. The van der Waals surface area contributed by atoms with E-state index in [4.69, 9.17) is 5.14 Å². The number of primary sulfonamides is 1. The van der Waals surface area contributed by atoms with Crippen LogP contribution in [0.15, 0.2) is 59.5 Å². The number of hydrogen-bond acceptors (Lipinski definition) is 5. The van der Waals surface area contributed by atoms with Crippen LogP contribution in [0.1, 0.15) is 15.9 Å². The number of sulfonamides is 1. The summed E-state index contributed by atoms with van der Waals surface area (Å²) in [5.41, 5.74) is 1.63. The van der Waals surface area contributed by atoms with E-state index in [1.165, 1.54) is 25.3 Å². The molecule has 0 amide bonds. The van der Waals surface area contributed by atoms with Crippen LogP contribution in [0.3, 0.4) is 0 Å². The Balaban J connectivity index is 2.17. The summed E-state index contributed by atoms with van der Waals surface area (Å²) in [6, 6.07) is 13.8. The van der Waals surface area contributed by atoms with Crippen molar-refractivity contribution in [2.45, 2.75) is 4.90 Å². The van der Waals surface area contributed by atoms with E-state index in [-0.39, 0.29) is 10.5 Å². The lowest BCUT2D eigenvalue weighted by molar-refractivity contribution is 0.0601. The second-order valence-electron chi connectivity index (χ2n) is 4.94. The molecule has 0 heterocycles. The van der Waals surface area contributed by atoms with Crippen molar-refractivity contribution in [3.63, 3.8) is 0 Å². The Bertz CT molecular complexity index is 846. The zero-order chi connectivity index (χ0) is 17.6. The molecular formula is C17H18N2O4S. The quantitative estimate of drug-likeness (QED) is 0.782. The molecule has 0 atom stereocenters. The van der Waals surface area contributed by atoms with Gasteiger partial charge in [-0.1, -0.05) is 42.5 Å². The second kappa shape index (κ2) is 7.76. The molecule has 0 aliphatic heterocycles. The molecule has 0 saturated carbocycles. The van der Waals surface area contributed by atoms with Gasteiger partial charge in [0.25, 0.3) is 0 Å². The van der Waals surface area contributed by atoms with Gasteiger partial charge in [-0.15, -0.1) is 0 Å². The van der Waals surface area contributed by atoms with E-state index in [9.17, 15) is 13.2 Å². The zero-order valence-electron chi connectivity index (χ0n) is 13.1. The van der Waals surface area contributed by atoms with E-state index in [1.807, 2.05) is 42.5 Å². The summed E-state index contributed by atoms with van der Waals surface area (Å²) in [5, 5.41) is 8.15. The molecule has 0 unspecified atom stereocenters. The molecule has 0 fully saturated rings. The monoisotopic (exact) mass is 346 g/mol. The molecule has 126 valence electrons. The smallest absolute Gasteiger partial charge is 0.340 e. The fraction of sp³-hybridized carbons (Fsp3) is 0.118. The van der Waals surface area contributed by atoms with Crippen LogP contribution in [0.5, 0.6) is 0 Å². The first-order chi connectivity index (χ1) is 11.4. The Morgan fingerprint density at radius 2 is 1.92 bits per heavy atom. The predicted molar refractivity (Wildman–Crippen MR) is 93.1 cm³/mol. The van der Waals surface area contributed by atoms with Gasteiger partial charge >= 0.3 is 5.97 Å². The molecule has 2 aromatic rings. The number of benzene rings is 2. The summed E-state index contributed by atoms with van der Waals surface area (Å²) in [7, 11) is -2.67. The maximum atomic E-state index is 11.9. The Morgan fingerprint density at radius 1 is 1.21 bits per heavy atom. The largest absolute Gasteiger partial charge is 0.465 e. The van der Waals surface area contributed by atoms with Crippen molar-refractivity contribution >= 4 is 27.8 Å². The van der Waals surface area contributed by atoms with Gasteiger partial charge in [0, 0.05) is 12.2 Å². The fourth-order valence-electron chi connectivity index (χ4n) is 2.06. The molecule has 2 aromatic carbocycles. The van der Waals surface area contributed by atoms with Crippen LogP contribution in [-0.2, 0) is 14.8 Å². The number of nitrogens with one attached hydrogen (secondary N) is 1. The molecule has 0 aliphatic carbocycles. The van der Waals surface area contributed by atoms with Crippen molar-refractivity contribution in [1.82, 2.24) is 0 Å². The first-order valence-corrected chi connectivity index (χ1v) is 8.67. The maximum absolute atomic E-state index is 11.9. The molecule has 3 N–H and O–H groups in total. The van der Waals surface area contributed by atoms with E-state index < -0.39 is 16.0 Å². The standard InChI is InChI=1S/C17H18N2O4S/c1-23-17(20)15-12-14(24(18,21)22)9-10-16(15)19-11-5-8-13-6-3-2-4-7-13/h2-10,12,19H,11H2,1H3,(H2,18,21,22)/b8-5+. The number of methoxy groups -OCH3 is 1. The minimum Gasteiger partial charge on any atom is -0.465 e. The van der Waals surface area contributed by atoms with Crippen LogP contribution in [0.2, 0.25) is 0 Å². The van der Waals surface area contributed by atoms with Gasteiger partial charge in [0.1, 0.15) is 0 Å². The summed E-state index contributed by atoms with van der Waals surface area (Å²) in [6.45, 7) is 0.452. The van der Waals surface area contributed by atoms with Crippen LogP contribution >= 0.6 is 0 Å². The first-order valence-electron chi connectivity index (χ1n) is 7.12. The highest BCUT2D eigenvalue weighted by atomic mass is 32.2. The normalized spacial score (nSPS) is 11.4. The van der Waals surface area contributed by atoms with Gasteiger partial charge in [0.05, 0.1) is 17.6 Å². The molecule has 0 aliphatic rings. The lowest BCUT2D eigenvalue weighted by Gasteiger charge is -2.10. The van der Waals surface area contributed by atoms with Crippen LogP contribution < -0.4 is 10.5 Å². The number of nitrogens with two attached hydrogens (primary N) is 1. The van der Waals surface area contributed by atoms with E-state index in [1.54, 1.807) is 0 Å². The highest BCUT2D eigenvalue weighted by molar-refractivity contribution is 7.89. The van der Waals surface area contributed by atoms with E-state index >= 15 is 0 Å². The third kappa shape index (κ3) is 4.68. The number of ether oxygens (including phenoxy) is 1. The topological polar surface area (TPSA) is 98.5 Å². The van der Waals surface area contributed by atoms with Crippen molar-refractivity contribution in [3.05, 3.63) is 65.7 Å². The van der Waals surface area contributed by atoms with E-state index in [0.717, 1.165) is 5.56 Å². The summed E-state index contributed by atoms with van der Waals surface area (Å²) >= 11 is 0.